The Bertz CT molecular complexity index is 557. The molecule has 33 heavy (non-hydrogen) atoms. The molecule has 0 fully saturated rings. The molecule has 0 saturated carbocycles. The van der Waals surface area contributed by atoms with Crippen molar-refractivity contribution in [2.75, 3.05) is 26.4 Å². The molecule has 0 aromatic carbocycles. The summed E-state index contributed by atoms with van der Waals surface area (Å²) in [5.74, 6) is -0.957. The lowest BCUT2D eigenvalue weighted by molar-refractivity contribution is -0.161. The number of phosphoric ester groups is 1. The fourth-order valence-corrected chi connectivity index (χ4v) is 3.60. The van der Waals surface area contributed by atoms with Gasteiger partial charge in [-0.2, -0.15) is 0 Å². The minimum atomic E-state index is -4.57. The first-order valence-corrected chi connectivity index (χ1v) is 13.5. The number of hydrogen-bond donors (Lipinski definition) is 3. The first-order valence-electron chi connectivity index (χ1n) is 12.0. The van der Waals surface area contributed by atoms with Gasteiger partial charge in [0.05, 0.1) is 19.8 Å². The lowest BCUT2D eigenvalue weighted by Crippen LogP contribution is -2.29. The highest BCUT2D eigenvalue weighted by Crippen LogP contribution is 2.43. The molecule has 196 valence electrons. The number of unbranched alkanes of at least 4 members (excludes halogenated alkanes) is 8. The average molecular weight is 499 g/mol. The molecule has 0 saturated heterocycles. The maximum atomic E-state index is 12.1. The predicted octanol–water partition coefficient (Wildman–Crippen LogP) is 3.65. The molecule has 0 aliphatic heterocycles. The van der Waals surface area contributed by atoms with E-state index in [1.54, 1.807) is 0 Å². The molecule has 10 nitrogen and oxygen atoms in total. The topological polar surface area (TPSA) is 149 Å². The van der Waals surface area contributed by atoms with Gasteiger partial charge in [-0.25, -0.2) is 4.57 Å². The number of carbonyl (C=O) groups excluding carboxylic acids is 2. The number of aliphatic hydroxyl groups excluding tert-OH is 2. The summed E-state index contributed by atoms with van der Waals surface area (Å²) in [6.07, 6.45) is 7.65. The van der Waals surface area contributed by atoms with Gasteiger partial charge in [0.1, 0.15) is 12.7 Å². The van der Waals surface area contributed by atoms with Gasteiger partial charge in [0.15, 0.2) is 6.10 Å². The third kappa shape index (κ3) is 20.1. The van der Waals surface area contributed by atoms with E-state index in [0.717, 1.165) is 51.4 Å². The Hall–Kier alpha value is -1.03. The van der Waals surface area contributed by atoms with Crippen LogP contribution in [0.2, 0.25) is 0 Å². The normalized spacial score (nSPS) is 14.9. The van der Waals surface area contributed by atoms with Crippen molar-refractivity contribution in [1.29, 1.82) is 0 Å². The van der Waals surface area contributed by atoms with Gasteiger partial charge in [-0.15, -0.1) is 0 Å². The smallest absolute Gasteiger partial charge is 0.462 e. The molecule has 0 aromatic heterocycles. The van der Waals surface area contributed by atoms with E-state index in [0.29, 0.717) is 12.8 Å². The van der Waals surface area contributed by atoms with Crippen molar-refractivity contribution in [3.05, 3.63) is 0 Å². The Kier molecular flexibility index (Phi) is 19.7. The minimum absolute atomic E-state index is 0.182. The van der Waals surface area contributed by atoms with Crippen molar-refractivity contribution in [2.24, 2.45) is 0 Å². The zero-order valence-corrected chi connectivity index (χ0v) is 21.0. The highest BCUT2D eigenvalue weighted by molar-refractivity contribution is 7.47. The van der Waals surface area contributed by atoms with Crippen LogP contribution in [0.1, 0.15) is 90.9 Å². The molecule has 0 spiro atoms. The van der Waals surface area contributed by atoms with Crippen LogP contribution in [0, 0.1) is 0 Å². The van der Waals surface area contributed by atoms with E-state index in [-0.39, 0.29) is 19.4 Å². The van der Waals surface area contributed by atoms with E-state index < -0.39 is 51.8 Å². The molecule has 0 heterocycles. The molecule has 11 heteroatoms. The summed E-state index contributed by atoms with van der Waals surface area (Å²) in [5, 5.41) is 18.0. The lowest BCUT2D eigenvalue weighted by Gasteiger charge is -2.20. The van der Waals surface area contributed by atoms with Gasteiger partial charge in [-0.1, -0.05) is 65.2 Å². The SMILES string of the molecule is CCCCCCCC(=O)OC[C@H](COP(=O)(O)OC[C@@H](O)CO)OC(=O)CCCCCCC. The van der Waals surface area contributed by atoms with Gasteiger partial charge in [0, 0.05) is 12.8 Å². The maximum absolute atomic E-state index is 12.1. The van der Waals surface area contributed by atoms with Crippen LogP contribution >= 0.6 is 7.82 Å². The van der Waals surface area contributed by atoms with E-state index in [4.69, 9.17) is 19.1 Å². The van der Waals surface area contributed by atoms with Crippen LogP contribution in [0.4, 0.5) is 0 Å². The zero-order chi connectivity index (χ0) is 25.0. The van der Waals surface area contributed by atoms with Crippen LogP contribution in [-0.4, -0.2) is 65.7 Å². The van der Waals surface area contributed by atoms with Gasteiger partial charge < -0.3 is 24.6 Å². The van der Waals surface area contributed by atoms with E-state index in [1.165, 1.54) is 0 Å². The molecule has 0 aromatic rings. The van der Waals surface area contributed by atoms with Crippen molar-refractivity contribution in [1.82, 2.24) is 0 Å². The van der Waals surface area contributed by atoms with E-state index in [9.17, 15) is 24.2 Å². The van der Waals surface area contributed by atoms with Crippen LogP contribution in [-0.2, 0) is 32.7 Å². The first kappa shape index (κ1) is 32.0. The highest BCUT2D eigenvalue weighted by atomic mass is 31.2. The summed E-state index contributed by atoms with van der Waals surface area (Å²) >= 11 is 0. The Morgan fingerprint density at radius 1 is 0.788 bits per heavy atom. The van der Waals surface area contributed by atoms with Crippen molar-refractivity contribution >= 4 is 19.8 Å². The van der Waals surface area contributed by atoms with E-state index in [2.05, 4.69) is 18.4 Å². The predicted molar refractivity (Wildman–Crippen MR) is 122 cm³/mol. The van der Waals surface area contributed by atoms with Crippen molar-refractivity contribution in [3.8, 4) is 0 Å². The second-order valence-corrected chi connectivity index (χ2v) is 9.47. The van der Waals surface area contributed by atoms with E-state index in [1.807, 2.05) is 0 Å². The molecule has 0 bridgehead atoms. The summed E-state index contributed by atoms with van der Waals surface area (Å²) < 4.78 is 31.8. The van der Waals surface area contributed by atoms with Gasteiger partial charge in [-0.05, 0) is 12.8 Å². The van der Waals surface area contributed by atoms with Crippen molar-refractivity contribution in [3.63, 3.8) is 0 Å². The minimum Gasteiger partial charge on any atom is -0.462 e. The third-order valence-electron chi connectivity index (χ3n) is 4.76. The molecular weight excluding hydrogens is 455 g/mol. The number of hydrogen-bond acceptors (Lipinski definition) is 9. The Labute approximate surface area is 197 Å². The van der Waals surface area contributed by atoms with Crippen molar-refractivity contribution in [2.45, 2.75) is 103 Å². The summed E-state index contributed by atoms with van der Waals surface area (Å²) in [6, 6.07) is 0. The summed E-state index contributed by atoms with van der Waals surface area (Å²) in [5.41, 5.74) is 0. The largest absolute Gasteiger partial charge is 0.472 e. The molecule has 0 radical (unpaired) electrons. The molecule has 0 amide bonds. The number of ether oxygens (including phenoxy) is 2. The third-order valence-corrected chi connectivity index (χ3v) is 5.71. The Morgan fingerprint density at radius 2 is 1.30 bits per heavy atom. The second kappa shape index (κ2) is 20.4. The Morgan fingerprint density at radius 3 is 1.85 bits per heavy atom. The number of phosphoric acid groups is 1. The maximum Gasteiger partial charge on any atom is 0.472 e. The molecule has 0 rings (SSSR count). The second-order valence-electron chi connectivity index (χ2n) is 8.02. The number of aliphatic hydroxyl groups is 2. The van der Waals surface area contributed by atoms with Crippen molar-refractivity contribution < 1.29 is 47.8 Å². The van der Waals surface area contributed by atoms with Crippen LogP contribution in [0.5, 0.6) is 0 Å². The van der Waals surface area contributed by atoms with Crippen LogP contribution < -0.4 is 0 Å². The fourth-order valence-electron chi connectivity index (χ4n) is 2.81. The average Bonchev–Trinajstić information content (AvgIpc) is 2.79. The molecule has 1 unspecified atom stereocenters. The molecular formula is C22H43O10P. The zero-order valence-electron chi connectivity index (χ0n) is 20.1. The van der Waals surface area contributed by atoms with Crippen LogP contribution in [0.3, 0.4) is 0 Å². The standard InChI is InChI=1S/C22H43O10P/c1-3-5-7-9-11-13-21(25)29-17-20(32-22(26)14-12-10-8-6-4-2)18-31-33(27,28)30-16-19(24)15-23/h19-20,23-24H,3-18H2,1-2H3,(H,27,28)/t19-,20+/m0/s1. The summed E-state index contributed by atoms with van der Waals surface area (Å²) in [7, 11) is -4.57. The summed E-state index contributed by atoms with van der Waals surface area (Å²) in [6.45, 7) is 2.10. The van der Waals surface area contributed by atoms with Gasteiger partial charge in [-0.3, -0.25) is 18.6 Å². The number of carbonyl (C=O) groups is 2. The molecule has 0 aliphatic rings. The highest BCUT2D eigenvalue weighted by Gasteiger charge is 2.27. The van der Waals surface area contributed by atoms with Gasteiger partial charge >= 0.3 is 19.8 Å². The van der Waals surface area contributed by atoms with Crippen LogP contribution in [0.15, 0.2) is 0 Å². The van der Waals surface area contributed by atoms with Gasteiger partial charge in [0.2, 0.25) is 0 Å². The lowest BCUT2D eigenvalue weighted by atomic mass is 10.1. The molecule has 0 aliphatic carbocycles. The fraction of sp³-hybridized carbons (Fsp3) is 0.909. The van der Waals surface area contributed by atoms with E-state index >= 15 is 0 Å². The van der Waals surface area contributed by atoms with Crippen LogP contribution in [0.25, 0.3) is 0 Å². The number of esters is 2. The Balaban J connectivity index is 4.60. The monoisotopic (exact) mass is 498 g/mol. The first-order chi connectivity index (χ1) is 15.7. The summed E-state index contributed by atoms with van der Waals surface area (Å²) in [4.78, 5) is 33.8. The molecule has 3 atom stereocenters. The quantitative estimate of drug-likeness (QED) is 0.115. The molecule has 3 N–H and O–H groups in total. The number of rotatable bonds is 22. The van der Waals surface area contributed by atoms with Gasteiger partial charge in [0.25, 0.3) is 0 Å².